The van der Waals surface area contributed by atoms with Gasteiger partial charge in [-0.2, -0.15) is 0 Å². The molecule has 1 atom stereocenters. The first-order valence-corrected chi connectivity index (χ1v) is 3.24. The number of hydrogen-bond acceptors (Lipinski definition) is 4. The molecule has 0 aromatic rings. The van der Waals surface area contributed by atoms with Crippen LogP contribution in [0.5, 0.6) is 0 Å². The van der Waals surface area contributed by atoms with E-state index in [-0.39, 0.29) is 12.1 Å². The minimum absolute atomic E-state index is 0.0803. The molecule has 0 aromatic heterocycles. The second-order valence-corrected chi connectivity index (χ2v) is 2.37. The van der Waals surface area contributed by atoms with Crippen molar-refractivity contribution in [1.82, 2.24) is 5.43 Å². The summed E-state index contributed by atoms with van der Waals surface area (Å²) in [6, 6.07) is -0.428. The first-order valence-electron chi connectivity index (χ1n) is 3.24. The Balaban J connectivity index is 3.62. The second kappa shape index (κ2) is 4.24. The van der Waals surface area contributed by atoms with Gasteiger partial charge in [0.05, 0.1) is 6.10 Å². The van der Waals surface area contributed by atoms with Gasteiger partial charge in [-0.3, -0.25) is 10.6 Å². The Morgan fingerprint density at radius 3 is 2.30 bits per heavy atom. The van der Waals surface area contributed by atoms with Crippen molar-refractivity contribution < 1.29 is 9.53 Å². The largest absolute Gasteiger partial charge is 0.462 e. The van der Waals surface area contributed by atoms with E-state index in [2.05, 4.69) is 5.43 Å². The Kier molecular flexibility index (Phi) is 3.99. The number of nitrogens with one attached hydrogen (secondary N) is 1. The molecule has 10 heavy (non-hydrogen) atoms. The molecule has 0 radical (unpaired) electrons. The number of esters is 1. The molecule has 0 spiro atoms. The monoisotopic (exact) mass is 146 g/mol. The van der Waals surface area contributed by atoms with Crippen molar-refractivity contribution in [1.29, 1.82) is 0 Å². The molecule has 1 unspecified atom stereocenters. The zero-order valence-electron chi connectivity index (χ0n) is 6.55. The van der Waals surface area contributed by atoms with Crippen LogP contribution in [0.1, 0.15) is 20.8 Å². The van der Waals surface area contributed by atoms with Crippen molar-refractivity contribution in [3.05, 3.63) is 0 Å². The predicted molar refractivity (Wildman–Crippen MR) is 38.0 cm³/mol. The van der Waals surface area contributed by atoms with Gasteiger partial charge in [0.2, 0.25) is 0 Å². The lowest BCUT2D eigenvalue weighted by Crippen LogP contribution is -2.40. The maximum Gasteiger partial charge on any atom is 0.324 e. The molecule has 0 saturated carbocycles. The molecule has 4 nitrogen and oxygen atoms in total. The van der Waals surface area contributed by atoms with Crippen LogP contribution in [0, 0.1) is 0 Å². The molecule has 3 N–H and O–H groups in total. The third kappa shape index (κ3) is 3.42. The van der Waals surface area contributed by atoms with Crippen molar-refractivity contribution >= 4 is 5.97 Å². The lowest BCUT2D eigenvalue weighted by Gasteiger charge is -2.11. The number of carbonyl (C=O) groups excluding carboxylic acids is 1. The van der Waals surface area contributed by atoms with Gasteiger partial charge >= 0.3 is 5.97 Å². The van der Waals surface area contributed by atoms with E-state index in [1.165, 1.54) is 0 Å². The van der Waals surface area contributed by atoms with Gasteiger partial charge in [-0.25, -0.2) is 5.43 Å². The maximum absolute atomic E-state index is 10.8. The molecule has 0 aliphatic heterocycles. The molecular weight excluding hydrogens is 132 g/mol. The summed E-state index contributed by atoms with van der Waals surface area (Å²) in [5, 5.41) is 0. The number of ether oxygens (including phenoxy) is 1. The predicted octanol–water partition coefficient (Wildman–Crippen LogP) is -0.210. The fourth-order valence-electron chi connectivity index (χ4n) is 0.402. The number of carbonyl (C=O) groups is 1. The number of hydrazine groups is 1. The van der Waals surface area contributed by atoms with Crippen LogP contribution in [0.3, 0.4) is 0 Å². The van der Waals surface area contributed by atoms with E-state index < -0.39 is 6.04 Å². The number of hydrogen-bond donors (Lipinski definition) is 2. The normalized spacial score (nSPS) is 13.3. The molecule has 0 saturated heterocycles. The van der Waals surface area contributed by atoms with Crippen molar-refractivity contribution in [3.63, 3.8) is 0 Å². The minimum Gasteiger partial charge on any atom is -0.462 e. The molecule has 0 rings (SSSR count). The molecule has 60 valence electrons. The lowest BCUT2D eigenvalue weighted by molar-refractivity contribution is -0.149. The van der Waals surface area contributed by atoms with Crippen LogP contribution in [-0.4, -0.2) is 18.1 Å². The van der Waals surface area contributed by atoms with E-state index in [0.29, 0.717) is 0 Å². The highest BCUT2D eigenvalue weighted by molar-refractivity contribution is 5.75. The zero-order valence-corrected chi connectivity index (χ0v) is 6.55. The van der Waals surface area contributed by atoms with E-state index in [1.807, 2.05) is 0 Å². The molecule has 0 aliphatic carbocycles. The molecule has 0 fully saturated rings. The summed E-state index contributed by atoms with van der Waals surface area (Å²) in [7, 11) is 0. The summed E-state index contributed by atoms with van der Waals surface area (Å²) in [5.41, 5.74) is 2.30. The summed E-state index contributed by atoms with van der Waals surface area (Å²) < 4.78 is 4.82. The van der Waals surface area contributed by atoms with Gasteiger partial charge in [-0.15, -0.1) is 0 Å². The zero-order chi connectivity index (χ0) is 8.15. The summed E-state index contributed by atoms with van der Waals surface area (Å²) in [5.74, 6) is 4.68. The molecule has 0 bridgehead atoms. The van der Waals surface area contributed by atoms with Crippen LogP contribution in [0.15, 0.2) is 0 Å². The van der Waals surface area contributed by atoms with Gasteiger partial charge in [-0.1, -0.05) is 0 Å². The van der Waals surface area contributed by atoms with Gasteiger partial charge in [0.1, 0.15) is 6.04 Å². The summed E-state index contributed by atoms with van der Waals surface area (Å²) in [6.45, 7) is 5.23. The van der Waals surface area contributed by atoms with Crippen LogP contribution < -0.4 is 11.3 Å². The Hall–Kier alpha value is -0.610. The highest BCUT2D eigenvalue weighted by Crippen LogP contribution is 1.91. The third-order valence-corrected chi connectivity index (χ3v) is 0.955. The first-order chi connectivity index (χ1) is 4.57. The molecule has 0 aliphatic rings. The maximum atomic E-state index is 10.8. The quantitative estimate of drug-likeness (QED) is 0.328. The highest BCUT2D eigenvalue weighted by Gasteiger charge is 2.12. The fourth-order valence-corrected chi connectivity index (χ4v) is 0.402. The molecule has 0 amide bonds. The summed E-state index contributed by atoms with van der Waals surface area (Å²) >= 11 is 0. The van der Waals surface area contributed by atoms with E-state index in [1.54, 1.807) is 20.8 Å². The highest BCUT2D eigenvalue weighted by atomic mass is 16.5. The Morgan fingerprint density at radius 2 is 2.00 bits per heavy atom. The van der Waals surface area contributed by atoms with Crippen molar-refractivity contribution in [2.75, 3.05) is 0 Å². The Bertz CT molecular complexity index is 114. The van der Waals surface area contributed by atoms with Crippen LogP contribution >= 0.6 is 0 Å². The second-order valence-electron chi connectivity index (χ2n) is 2.37. The average Bonchev–Trinajstić information content (AvgIpc) is 1.85. The van der Waals surface area contributed by atoms with E-state index >= 15 is 0 Å². The van der Waals surface area contributed by atoms with Crippen LogP contribution in [0.4, 0.5) is 0 Å². The van der Waals surface area contributed by atoms with Gasteiger partial charge in [0.15, 0.2) is 0 Å². The Morgan fingerprint density at radius 1 is 1.50 bits per heavy atom. The molecule has 0 heterocycles. The van der Waals surface area contributed by atoms with E-state index in [0.717, 1.165) is 0 Å². The van der Waals surface area contributed by atoms with Gasteiger partial charge < -0.3 is 4.74 Å². The average molecular weight is 146 g/mol. The van der Waals surface area contributed by atoms with Crippen LogP contribution in [0.25, 0.3) is 0 Å². The SMILES string of the molecule is CC(C)OC(=O)C(C)NN. The van der Waals surface area contributed by atoms with Gasteiger partial charge in [-0.05, 0) is 20.8 Å². The summed E-state index contributed by atoms with van der Waals surface area (Å²) in [6.07, 6.45) is -0.0803. The van der Waals surface area contributed by atoms with Gasteiger partial charge in [0, 0.05) is 0 Å². The smallest absolute Gasteiger partial charge is 0.324 e. The first kappa shape index (κ1) is 9.39. The topological polar surface area (TPSA) is 64.3 Å². The summed E-state index contributed by atoms with van der Waals surface area (Å²) in [4.78, 5) is 10.8. The third-order valence-electron chi connectivity index (χ3n) is 0.955. The van der Waals surface area contributed by atoms with Gasteiger partial charge in [0.25, 0.3) is 0 Å². The molecule has 0 aromatic carbocycles. The molecule has 4 heteroatoms. The van der Waals surface area contributed by atoms with Crippen LogP contribution in [0.2, 0.25) is 0 Å². The lowest BCUT2D eigenvalue weighted by atomic mass is 10.3. The standard InChI is InChI=1S/C6H14N2O2/c1-4(2)10-6(9)5(3)8-7/h4-5,8H,7H2,1-3H3. The number of nitrogens with two attached hydrogens (primary N) is 1. The fraction of sp³-hybridized carbons (Fsp3) is 0.833. The van der Waals surface area contributed by atoms with E-state index in [9.17, 15) is 4.79 Å². The van der Waals surface area contributed by atoms with Crippen molar-refractivity contribution in [3.8, 4) is 0 Å². The van der Waals surface area contributed by atoms with Crippen LogP contribution in [-0.2, 0) is 9.53 Å². The minimum atomic E-state index is -0.428. The Labute approximate surface area is 60.7 Å². The molecular formula is C6H14N2O2. The van der Waals surface area contributed by atoms with E-state index in [4.69, 9.17) is 10.6 Å². The van der Waals surface area contributed by atoms with Crippen molar-refractivity contribution in [2.24, 2.45) is 5.84 Å². The van der Waals surface area contributed by atoms with Crippen molar-refractivity contribution in [2.45, 2.75) is 32.9 Å². The number of rotatable bonds is 3.